The van der Waals surface area contributed by atoms with Gasteiger partial charge in [-0.15, -0.1) is 0 Å². The van der Waals surface area contributed by atoms with Crippen molar-refractivity contribution in [2.75, 3.05) is 6.61 Å². The molecule has 0 radical (unpaired) electrons. The number of aliphatic hydroxyl groups excluding tert-OH is 2. The second-order valence-electron chi connectivity index (χ2n) is 14.9. The number of carbonyl (C=O) groups is 1. The minimum absolute atomic E-state index is 0.0831. The topological polar surface area (TPSA) is 57.5 Å². The van der Waals surface area contributed by atoms with E-state index in [2.05, 4.69) is 54.5 Å². The Kier molecular flexibility index (Phi) is 5.07. The Balaban J connectivity index is 1.58. The van der Waals surface area contributed by atoms with Crippen molar-refractivity contribution in [3.05, 3.63) is 11.6 Å². The molecule has 0 heterocycles. The van der Waals surface area contributed by atoms with Crippen molar-refractivity contribution >= 4 is 5.78 Å². The Hall–Kier alpha value is -0.670. The molecule has 0 aromatic rings. The number of rotatable bonds is 1. The van der Waals surface area contributed by atoms with Gasteiger partial charge in [0.15, 0.2) is 0 Å². The van der Waals surface area contributed by atoms with E-state index < -0.39 is 11.5 Å². The molecule has 3 heteroatoms. The minimum Gasteiger partial charge on any atom is -0.396 e. The molecule has 5 aliphatic carbocycles. The highest BCUT2D eigenvalue weighted by Gasteiger charge is 2.68. The third kappa shape index (κ3) is 2.85. The molecule has 4 saturated carbocycles. The normalized spacial score (nSPS) is 55.5. The number of hydrogen-bond acceptors (Lipinski definition) is 3. The van der Waals surface area contributed by atoms with Crippen molar-refractivity contribution in [3.63, 3.8) is 0 Å². The Morgan fingerprint density at radius 3 is 2.30 bits per heavy atom. The van der Waals surface area contributed by atoms with Crippen molar-refractivity contribution in [3.8, 4) is 0 Å². The first kappa shape index (κ1) is 24.0. The quantitative estimate of drug-likeness (QED) is 0.454. The molecule has 0 bridgehead atoms. The first-order chi connectivity index (χ1) is 15.2. The van der Waals surface area contributed by atoms with Gasteiger partial charge in [-0.2, -0.15) is 0 Å². The van der Waals surface area contributed by atoms with E-state index in [1.165, 1.54) is 12.8 Å². The largest absolute Gasteiger partial charge is 0.396 e. The van der Waals surface area contributed by atoms with Crippen molar-refractivity contribution in [2.45, 2.75) is 112 Å². The van der Waals surface area contributed by atoms with Crippen LogP contribution < -0.4 is 0 Å². The summed E-state index contributed by atoms with van der Waals surface area (Å²) in [5, 5.41) is 21.3. The summed E-state index contributed by atoms with van der Waals surface area (Å²) in [6.07, 6.45) is 11.6. The Morgan fingerprint density at radius 1 is 0.939 bits per heavy atom. The smallest absolute Gasteiger partial charge is 0.139 e. The van der Waals surface area contributed by atoms with Gasteiger partial charge in [0.05, 0.1) is 12.7 Å². The molecule has 2 N–H and O–H groups in total. The van der Waals surface area contributed by atoms with Crippen LogP contribution in [0.3, 0.4) is 0 Å². The van der Waals surface area contributed by atoms with Crippen LogP contribution in [0.2, 0.25) is 0 Å². The van der Waals surface area contributed by atoms with Gasteiger partial charge in [0.25, 0.3) is 0 Å². The van der Waals surface area contributed by atoms with Crippen LogP contribution in [0, 0.1) is 50.2 Å². The summed E-state index contributed by atoms with van der Waals surface area (Å²) in [6, 6.07) is 0. The molecular weight excluding hydrogens is 408 g/mol. The molecule has 5 aliphatic rings. The number of fused-ring (bicyclic) bond motifs is 7. The van der Waals surface area contributed by atoms with Gasteiger partial charge in [0.2, 0.25) is 0 Å². The van der Waals surface area contributed by atoms with Gasteiger partial charge >= 0.3 is 0 Å². The van der Waals surface area contributed by atoms with Gasteiger partial charge in [-0.3, -0.25) is 4.79 Å². The third-order valence-electron chi connectivity index (χ3n) is 13.1. The highest BCUT2D eigenvalue weighted by Crippen LogP contribution is 2.75. The van der Waals surface area contributed by atoms with Crippen LogP contribution in [0.1, 0.15) is 106 Å². The molecule has 0 unspecified atom stereocenters. The Bertz CT molecular complexity index is 889. The van der Waals surface area contributed by atoms with Crippen molar-refractivity contribution in [2.24, 2.45) is 50.2 Å². The van der Waals surface area contributed by atoms with Gasteiger partial charge in [-0.1, -0.05) is 60.1 Å². The van der Waals surface area contributed by atoms with Crippen LogP contribution in [-0.4, -0.2) is 28.7 Å². The molecule has 33 heavy (non-hydrogen) atoms. The zero-order valence-electron chi connectivity index (χ0n) is 22.3. The summed E-state index contributed by atoms with van der Waals surface area (Å²) in [7, 11) is 0. The van der Waals surface area contributed by atoms with E-state index in [0.717, 1.165) is 44.9 Å². The molecule has 0 aromatic carbocycles. The second-order valence-corrected chi connectivity index (χ2v) is 14.9. The average molecular weight is 457 g/mol. The van der Waals surface area contributed by atoms with Crippen molar-refractivity contribution in [1.82, 2.24) is 0 Å². The number of aliphatic hydroxyl groups is 2. The zero-order valence-corrected chi connectivity index (χ0v) is 22.3. The fourth-order valence-electron chi connectivity index (χ4n) is 10.4. The van der Waals surface area contributed by atoms with Crippen LogP contribution >= 0.6 is 0 Å². The van der Waals surface area contributed by atoms with E-state index in [9.17, 15) is 15.0 Å². The van der Waals surface area contributed by atoms with E-state index in [4.69, 9.17) is 0 Å². The van der Waals surface area contributed by atoms with E-state index in [-0.39, 0.29) is 33.7 Å². The van der Waals surface area contributed by atoms with E-state index in [0.29, 0.717) is 23.5 Å². The molecule has 186 valence electrons. The maximum Gasteiger partial charge on any atom is 0.139 e. The third-order valence-corrected chi connectivity index (χ3v) is 13.1. The Labute approximate surface area is 201 Å². The molecule has 4 fully saturated rings. The highest BCUT2D eigenvalue weighted by molar-refractivity contribution is 5.86. The van der Waals surface area contributed by atoms with Crippen LogP contribution in [0.4, 0.5) is 0 Å². The predicted molar refractivity (Wildman–Crippen MR) is 133 cm³/mol. The molecule has 0 spiro atoms. The SMILES string of the molecule is CC1(C)C[C@H]2C3=CC[C@@H]4[C@@]5(C)CC[C@H](O)[C@](C)(CO)[C@@H]5CC[C@@]4(C)[C@]3(C)CC[C@@]2(C)CC1=O. The zero-order chi connectivity index (χ0) is 24.2. The van der Waals surface area contributed by atoms with E-state index in [1.54, 1.807) is 5.57 Å². The Morgan fingerprint density at radius 2 is 1.64 bits per heavy atom. The molecular formula is C30H48O3. The minimum atomic E-state index is -0.396. The summed E-state index contributed by atoms with van der Waals surface area (Å²) < 4.78 is 0. The number of Topliss-reactive ketones (excluding diaryl/α,β-unsaturated/α-hetero) is 1. The molecule has 3 nitrogen and oxygen atoms in total. The standard InChI is InChI=1S/C30H48O3/c1-25(2)16-20-19-8-9-22-27(4)12-11-23(32)28(5,18-31)21(27)10-13-30(22,7)29(19,6)15-14-26(20,3)17-24(25)33/h8,20-23,31-32H,9-18H2,1-7H3/t20-,21+,22+,23-,26-,27-,28+,29+,30+/m0/s1. The number of carbonyl (C=O) groups excluding carboxylic acids is 1. The van der Waals surface area contributed by atoms with Crippen molar-refractivity contribution in [1.29, 1.82) is 0 Å². The lowest BCUT2D eigenvalue weighted by atomic mass is 9.33. The van der Waals surface area contributed by atoms with Gasteiger partial charge in [0, 0.05) is 17.3 Å². The first-order valence-electron chi connectivity index (χ1n) is 13.7. The van der Waals surface area contributed by atoms with Gasteiger partial charge in [-0.25, -0.2) is 0 Å². The van der Waals surface area contributed by atoms with Crippen LogP contribution in [-0.2, 0) is 4.79 Å². The fraction of sp³-hybridized carbons (Fsp3) is 0.900. The maximum absolute atomic E-state index is 13.0. The number of allylic oxidation sites excluding steroid dienone is 2. The van der Waals surface area contributed by atoms with Gasteiger partial charge < -0.3 is 10.2 Å². The van der Waals surface area contributed by atoms with Crippen LogP contribution in [0.15, 0.2) is 11.6 Å². The summed E-state index contributed by atoms with van der Waals surface area (Å²) in [5.41, 5.74) is 1.75. The average Bonchev–Trinajstić information content (AvgIpc) is 2.73. The first-order valence-corrected chi connectivity index (χ1v) is 13.7. The maximum atomic E-state index is 13.0. The lowest BCUT2D eigenvalue weighted by Crippen LogP contribution is -2.65. The molecule has 0 aromatic heterocycles. The summed E-state index contributed by atoms with van der Waals surface area (Å²) in [4.78, 5) is 13.0. The fourth-order valence-corrected chi connectivity index (χ4v) is 10.4. The number of hydrogen-bond donors (Lipinski definition) is 2. The lowest BCUT2D eigenvalue weighted by Gasteiger charge is -2.71. The number of ketones is 1. The second kappa shape index (κ2) is 6.96. The monoisotopic (exact) mass is 456 g/mol. The van der Waals surface area contributed by atoms with E-state index in [1.807, 2.05) is 0 Å². The molecule has 0 aliphatic heterocycles. The molecule has 5 rings (SSSR count). The van der Waals surface area contributed by atoms with Gasteiger partial charge in [0.1, 0.15) is 5.78 Å². The predicted octanol–water partition coefficient (Wildman–Crippen LogP) is 6.32. The van der Waals surface area contributed by atoms with Crippen LogP contribution in [0.5, 0.6) is 0 Å². The van der Waals surface area contributed by atoms with E-state index >= 15 is 0 Å². The molecule has 0 saturated heterocycles. The van der Waals surface area contributed by atoms with Crippen molar-refractivity contribution < 1.29 is 15.0 Å². The van der Waals surface area contributed by atoms with Gasteiger partial charge in [-0.05, 0) is 90.8 Å². The lowest BCUT2D eigenvalue weighted by molar-refractivity contribution is -0.215. The summed E-state index contributed by atoms with van der Waals surface area (Å²) in [6.45, 7) is 16.6. The summed E-state index contributed by atoms with van der Waals surface area (Å²) in [5.74, 6) is 1.93. The molecule has 9 atom stereocenters. The van der Waals surface area contributed by atoms with Crippen LogP contribution in [0.25, 0.3) is 0 Å². The molecule has 0 amide bonds. The highest BCUT2D eigenvalue weighted by atomic mass is 16.3. The summed E-state index contributed by atoms with van der Waals surface area (Å²) >= 11 is 0.